The van der Waals surface area contributed by atoms with Gasteiger partial charge in [0.15, 0.2) is 0 Å². The van der Waals surface area contributed by atoms with Crippen molar-refractivity contribution in [1.29, 1.82) is 0 Å². The van der Waals surface area contributed by atoms with E-state index in [4.69, 9.17) is 0 Å². The Labute approximate surface area is 93.4 Å². The van der Waals surface area contributed by atoms with Gasteiger partial charge in [0.05, 0.1) is 0 Å². The number of hydrogen-bond acceptors (Lipinski definition) is 2. The summed E-state index contributed by atoms with van der Waals surface area (Å²) in [5.41, 5.74) is 0. The highest BCUT2D eigenvalue weighted by Gasteiger charge is 2.14. The maximum absolute atomic E-state index is 10.3. The quantitative estimate of drug-likeness (QED) is 0.432. The Morgan fingerprint density at radius 1 is 1.27 bits per heavy atom. The molecule has 2 atom stereocenters. The SMILES string of the molecule is CCCCC(CC[N+](=O)[O-])CC(C)CC. The lowest BCUT2D eigenvalue weighted by Gasteiger charge is -2.18. The first-order valence-electron chi connectivity index (χ1n) is 6.21. The van der Waals surface area contributed by atoms with E-state index in [-0.39, 0.29) is 11.5 Å². The normalized spacial score (nSPS) is 14.9. The van der Waals surface area contributed by atoms with Crippen molar-refractivity contribution in [2.75, 3.05) is 6.54 Å². The van der Waals surface area contributed by atoms with Crippen LogP contribution in [0.1, 0.15) is 59.3 Å². The fourth-order valence-electron chi connectivity index (χ4n) is 1.90. The van der Waals surface area contributed by atoms with Gasteiger partial charge in [-0.05, 0) is 18.3 Å². The van der Waals surface area contributed by atoms with E-state index in [2.05, 4.69) is 20.8 Å². The molecule has 0 radical (unpaired) electrons. The highest BCUT2D eigenvalue weighted by Crippen LogP contribution is 2.23. The maximum Gasteiger partial charge on any atom is 0.204 e. The third kappa shape index (κ3) is 8.40. The monoisotopic (exact) mass is 215 g/mol. The molecule has 0 heterocycles. The van der Waals surface area contributed by atoms with Crippen LogP contribution in [0, 0.1) is 22.0 Å². The van der Waals surface area contributed by atoms with Crippen LogP contribution in [0.4, 0.5) is 0 Å². The van der Waals surface area contributed by atoms with Crippen LogP contribution in [0.3, 0.4) is 0 Å². The van der Waals surface area contributed by atoms with Crippen LogP contribution < -0.4 is 0 Å². The Kier molecular flexibility index (Phi) is 8.34. The number of unbranched alkanes of at least 4 members (excludes halogenated alkanes) is 1. The lowest BCUT2D eigenvalue weighted by atomic mass is 9.88. The van der Waals surface area contributed by atoms with Crippen molar-refractivity contribution in [1.82, 2.24) is 0 Å². The molecule has 0 bridgehead atoms. The number of hydrogen-bond donors (Lipinski definition) is 0. The van der Waals surface area contributed by atoms with E-state index < -0.39 is 0 Å². The molecule has 90 valence electrons. The van der Waals surface area contributed by atoms with Gasteiger partial charge in [-0.15, -0.1) is 0 Å². The highest BCUT2D eigenvalue weighted by molar-refractivity contribution is 4.63. The molecule has 0 amide bonds. The van der Waals surface area contributed by atoms with Gasteiger partial charge in [-0.3, -0.25) is 10.1 Å². The molecule has 0 aromatic heterocycles. The Morgan fingerprint density at radius 3 is 2.40 bits per heavy atom. The van der Waals surface area contributed by atoms with Crippen LogP contribution in [0.5, 0.6) is 0 Å². The molecule has 2 unspecified atom stereocenters. The number of rotatable bonds is 9. The van der Waals surface area contributed by atoms with E-state index in [1.54, 1.807) is 0 Å². The standard InChI is InChI=1S/C12H25NO2/c1-4-6-7-12(8-9-13(14)15)10-11(3)5-2/h11-12H,4-10H2,1-3H3. The molecule has 0 N–H and O–H groups in total. The Morgan fingerprint density at radius 2 is 1.93 bits per heavy atom. The van der Waals surface area contributed by atoms with E-state index in [1.807, 2.05) is 0 Å². The van der Waals surface area contributed by atoms with E-state index in [0.29, 0.717) is 11.8 Å². The smallest absolute Gasteiger partial charge is 0.204 e. The maximum atomic E-state index is 10.3. The third-order valence-electron chi connectivity index (χ3n) is 3.12. The number of nitro groups is 1. The van der Waals surface area contributed by atoms with E-state index in [1.165, 1.54) is 19.3 Å². The first-order chi connectivity index (χ1) is 7.10. The third-order valence-corrected chi connectivity index (χ3v) is 3.12. The molecular formula is C12H25NO2. The molecule has 0 aliphatic rings. The van der Waals surface area contributed by atoms with Crippen LogP contribution in [0.15, 0.2) is 0 Å². The van der Waals surface area contributed by atoms with Gasteiger partial charge in [0.1, 0.15) is 0 Å². The van der Waals surface area contributed by atoms with E-state index >= 15 is 0 Å². The lowest BCUT2D eigenvalue weighted by Crippen LogP contribution is -2.12. The summed E-state index contributed by atoms with van der Waals surface area (Å²) in [4.78, 5) is 10.2. The van der Waals surface area contributed by atoms with Crippen molar-refractivity contribution in [2.45, 2.75) is 59.3 Å². The highest BCUT2D eigenvalue weighted by atomic mass is 16.6. The van der Waals surface area contributed by atoms with Gasteiger partial charge < -0.3 is 0 Å². The molecule has 0 saturated heterocycles. The zero-order valence-corrected chi connectivity index (χ0v) is 10.4. The van der Waals surface area contributed by atoms with E-state index in [9.17, 15) is 10.1 Å². The predicted molar refractivity (Wildman–Crippen MR) is 63.6 cm³/mol. The van der Waals surface area contributed by atoms with Gasteiger partial charge in [0.25, 0.3) is 0 Å². The van der Waals surface area contributed by atoms with Crippen LogP contribution >= 0.6 is 0 Å². The Balaban J connectivity index is 3.88. The van der Waals surface area contributed by atoms with Gasteiger partial charge in [-0.1, -0.05) is 46.5 Å². The second-order valence-electron chi connectivity index (χ2n) is 4.60. The number of nitrogens with zero attached hydrogens (tertiary/aromatic N) is 1. The predicted octanol–water partition coefficient (Wildman–Crippen LogP) is 3.90. The van der Waals surface area contributed by atoms with Gasteiger partial charge in [-0.2, -0.15) is 0 Å². The van der Waals surface area contributed by atoms with Crippen molar-refractivity contribution in [3.05, 3.63) is 10.1 Å². The van der Waals surface area contributed by atoms with Gasteiger partial charge in [-0.25, -0.2) is 0 Å². The fraction of sp³-hybridized carbons (Fsp3) is 1.00. The molecule has 0 aliphatic heterocycles. The molecule has 0 aliphatic carbocycles. The van der Waals surface area contributed by atoms with E-state index in [0.717, 1.165) is 19.3 Å². The van der Waals surface area contributed by atoms with Crippen LogP contribution in [-0.4, -0.2) is 11.5 Å². The molecule has 3 heteroatoms. The average molecular weight is 215 g/mol. The second kappa shape index (κ2) is 8.69. The molecule has 15 heavy (non-hydrogen) atoms. The molecule has 3 nitrogen and oxygen atoms in total. The molecule has 0 spiro atoms. The minimum Gasteiger partial charge on any atom is -0.265 e. The molecule has 0 rings (SSSR count). The topological polar surface area (TPSA) is 43.1 Å². The summed E-state index contributed by atoms with van der Waals surface area (Å²) >= 11 is 0. The summed E-state index contributed by atoms with van der Waals surface area (Å²) in [7, 11) is 0. The average Bonchev–Trinajstić information content (AvgIpc) is 2.21. The Hall–Kier alpha value is -0.600. The molecule has 0 fully saturated rings. The summed E-state index contributed by atoms with van der Waals surface area (Å²) < 4.78 is 0. The minimum atomic E-state index is -0.185. The van der Waals surface area contributed by atoms with Gasteiger partial charge >= 0.3 is 0 Å². The van der Waals surface area contributed by atoms with Crippen LogP contribution in [-0.2, 0) is 0 Å². The minimum absolute atomic E-state index is 0.144. The fourth-order valence-corrected chi connectivity index (χ4v) is 1.90. The molecule has 0 saturated carbocycles. The zero-order valence-electron chi connectivity index (χ0n) is 10.4. The molecule has 0 aromatic carbocycles. The van der Waals surface area contributed by atoms with Crippen molar-refractivity contribution < 1.29 is 4.92 Å². The molecular weight excluding hydrogens is 190 g/mol. The lowest BCUT2D eigenvalue weighted by molar-refractivity contribution is -0.481. The van der Waals surface area contributed by atoms with Gasteiger partial charge in [0, 0.05) is 11.3 Å². The second-order valence-corrected chi connectivity index (χ2v) is 4.60. The Bertz CT molecular complexity index is 171. The van der Waals surface area contributed by atoms with Crippen molar-refractivity contribution >= 4 is 0 Å². The zero-order chi connectivity index (χ0) is 11.7. The summed E-state index contributed by atoms with van der Waals surface area (Å²) in [6.45, 7) is 6.75. The van der Waals surface area contributed by atoms with Gasteiger partial charge in [0.2, 0.25) is 6.54 Å². The van der Waals surface area contributed by atoms with Crippen molar-refractivity contribution in [2.24, 2.45) is 11.8 Å². The first-order valence-corrected chi connectivity index (χ1v) is 6.21. The van der Waals surface area contributed by atoms with Crippen LogP contribution in [0.25, 0.3) is 0 Å². The summed E-state index contributed by atoms with van der Waals surface area (Å²) in [6.07, 6.45) is 6.66. The largest absolute Gasteiger partial charge is 0.265 e. The van der Waals surface area contributed by atoms with Crippen molar-refractivity contribution in [3.8, 4) is 0 Å². The van der Waals surface area contributed by atoms with Crippen LogP contribution in [0.2, 0.25) is 0 Å². The molecule has 0 aromatic rings. The summed E-state index contributed by atoms with van der Waals surface area (Å²) in [5.74, 6) is 1.27. The summed E-state index contributed by atoms with van der Waals surface area (Å²) in [6, 6.07) is 0. The van der Waals surface area contributed by atoms with Crippen molar-refractivity contribution in [3.63, 3.8) is 0 Å². The first kappa shape index (κ1) is 14.4. The summed E-state index contributed by atoms with van der Waals surface area (Å²) in [5, 5.41) is 10.3.